The van der Waals surface area contributed by atoms with E-state index in [1.165, 1.54) is 16.0 Å². The topological polar surface area (TPSA) is 116 Å². The molecule has 0 radical (unpaired) electrons. The van der Waals surface area contributed by atoms with E-state index in [-0.39, 0.29) is 26.2 Å². The number of anilines is 2. The molecule has 2 aromatic carbocycles. The number of hydrogen-bond donors (Lipinski definition) is 1. The van der Waals surface area contributed by atoms with Crippen LogP contribution >= 0.6 is 0 Å². The van der Waals surface area contributed by atoms with Crippen molar-refractivity contribution in [1.82, 2.24) is 20.1 Å². The van der Waals surface area contributed by atoms with Gasteiger partial charge in [-0.1, -0.05) is 12.1 Å². The molecule has 0 unspecified atom stereocenters. The Bertz CT molecular complexity index is 1340. The molecule has 12 nitrogen and oxygen atoms in total. The Balaban J connectivity index is 1.41. The van der Waals surface area contributed by atoms with E-state index in [4.69, 9.17) is 9.47 Å². The summed E-state index contributed by atoms with van der Waals surface area (Å²) in [5.41, 5.74) is 1.34. The second-order valence-corrected chi connectivity index (χ2v) is 10.1. The minimum absolute atomic E-state index is 0.142. The van der Waals surface area contributed by atoms with Crippen molar-refractivity contribution in [3.05, 3.63) is 48.3 Å². The van der Waals surface area contributed by atoms with Crippen LogP contribution in [0.1, 0.15) is 20.8 Å². The summed E-state index contributed by atoms with van der Waals surface area (Å²) in [5.74, 6) is -0.522. The quantitative estimate of drug-likeness (QED) is 0.546. The lowest BCUT2D eigenvalue weighted by Crippen LogP contribution is -2.55. The molecule has 0 bridgehead atoms. The van der Waals surface area contributed by atoms with Gasteiger partial charge in [0, 0.05) is 13.1 Å². The van der Waals surface area contributed by atoms with Crippen molar-refractivity contribution in [2.75, 3.05) is 54.2 Å². The molecule has 3 aromatic rings. The molecule has 1 aromatic heterocycles. The van der Waals surface area contributed by atoms with Gasteiger partial charge in [0.15, 0.2) is 0 Å². The van der Waals surface area contributed by atoms with E-state index in [2.05, 4.69) is 10.3 Å². The minimum atomic E-state index is -0.715. The number of aromatic nitrogens is 3. The molecule has 2 fully saturated rings. The average molecular weight is 528 g/mol. The smallest absolute Gasteiger partial charge is 0.430 e. The number of rotatable bonds is 4. The van der Waals surface area contributed by atoms with E-state index >= 15 is 4.39 Å². The van der Waals surface area contributed by atoms with Crippen LogP contribution in [-0.2, 0) is 9.47 Å². The Hall–Kier alpha value is -4.13. The monoisotopic (exact) mass is 527 g/mol. The third-order valence-electron chi connectivity index (χ3n) is 6.25. The molecule has 0 aliphatic carbocycles. The van der Waals surface area contributed by atoms with E-state index in [9.17, 15) is 14.7 Å². The number of hydrazine groups is 1. The molecule has 38 heavy (non-hydrogen) atoms. The number of para-hydroxylation sites is 1. The van der Waals surface area contributed by atoms with Crippen LogP contribution in [0.3, 0.4) is 0 Å². The maximum Gasteiger partial charge on any atom is 0.430 e. The van der Waals surface area contributed by atoms with E-state index in [0.29, 0.717) is 35.5 Å². The molecule has 5 rings (SSSR count). The maximum absolute atomic E-state index is 15.4. The van der Waals surface area contributed by atoms with Gasteiger partial charge in [-0.15, -0.1) is 9.89 Å². The summed E-state index contributed by atoms with van der Waals surface area (Å²) in [6, 6.07) is 11.9. The van der Waals surface area contributed by atoms with Crippen LogP contribution in [-0.4, -0.2) is 88.4 Å². The summed E-state index contributed by atoms with van der Waals surface area (Å²) in [6.07, 6.45) is -1.83. The van der Waals surface area contributed by atoms with Gasteiger partial charge in [0.2, 0.25) is 0 Å². The van der Waals surface area contributed by atoms with Crippen LogP contribution < -0.4 is 14.9 Å². The maximum atomic E-state index is 15.4. The van der Waals surface area contributed by atoms with Crippen LogP contribution in [0.25, 0.3) is 11.0 Å². The minimum Gasteiger partial charge on any atom is -0.442 e. The number of cyclic esters (lactones) is 1. The van der Waals surface area contributed by atoms with Crippen LogP contribution in [0.2, 0.25) is 0 Å². The van der Waals surface area contributed by atoms with E-state index in [1.54, 1.807) is 42.8 Å². The van der Waals surface area contributed by atoms with Gasteiger partial charge in [-0.2, -0.15) is 5.12 Å². The lowest BCUT2D eigenvalue weighted by Gasteiger charge is -2.34. The Morgan fingerprint density at radius 2 is 1.92 bits per heavy atom. The fraction of sp³-hybridized carbons (Fsp3) is 0.440. The summed E-state index contributed by atoms with van der Waals surface area (Å²) >= 11 is 0. The van der Waals surface area contributed by atoms with Crippen molar-refractivity contribution in [1.29, 1.82) is 0 Å². The lowest BCUT2D eigenvalue weighted by atomic mass is 10.2. The highest BCUT2D eigenvalue weighted by atomic mass is 19.1. The molecule has 2 aliphatic heterocycles. The SMILES string of the molecule is CC(C)(C)OC(=O)N1CCN(c2ccc(N3C[C@H](CO)OC3=O)cc2F)CCN1n1nnc2ccccc21. The fourth-order valence-electron chi connectivity index (χ4n) is 4.49. The first kappa shape index (κ1) is 25.5. The predicted molar refractivity (Wildman–Crippen MR) is 137 cm³/mol. The van der Waals surface area contributed by atoms with Crippen molar-refractivity contribution in [2.24, 2.45) is 0 Å². The molecule has 0 saturated carbocycles. The summed E-state index contributed by atoms with van der Waals surface area (Å²) in [6.45, 7) is 6.37. The zero-order valence-electron chi connectivity index (χ0n) is 21.5. The fourth-order valence-corrected chi connectivity index (χ4v) is 4.49. The summed E-state index contributed by atoms with van der Waals surface area (Å²) in [7, 11) is 0. The standard InChI is InChI=1S/C25H30FN7O5/c1-25(2,3)38-24(36)31-12-10-29(11-13-32(31)33-22-7-5-4-6-20(22)27-28-33)21-9-8-17(14-19(21)26)30-15-18(16-34)37-23(30)35/h4-9,14,18,34H,10-13,15-16H2,1-3H3/t18-/m1/s1. The Kier molecular flexibility index (Phi) is 6.69. The average Bonchev–Trinajstić information content (AvgIpc) is 3.39. The Labute approximate surface area is 218 Å². The van der Waals surface area contributed by atoms with Crippen molar-refractivity contribution in [2.45, 2.75) is 32.5 Å². The highest BCUT2D eigenvalue weighted by molar-refractivity contribution is 5.90. The van der Waals surface area contributed by atoms with Crippen molar-refractivity contribution >= 4 is 34.6 Å². The largest absolute Gasteiger partial charge is 0.442 e. The summed E-state index contributed by atoms with van der Waals surface area (Å²) < 4.78 is 26.1. The van der Waals surface area contributed by atoms with E-state index in [0.717, 1.165) is 0 Å². The molecular formula is C25H30FN7O5. The van der Waals surface area contributed by atoms with Crippen molar-refractivity contribution in [3.63, 3.8) is 0 Å². The molecule has 0 spiro atoms. The second-order valence-electron chi connectivity index (χ2n) is 10.1. The lowest BCUT2D eigenvalue weighted by molar-refractivity contribution is 0.0175. The molecule has 1 atom stereocenters. The first-order valence-electron chi connectivity index (χ1n) is 12.4. The van der Waals surface area contributed by atoms with E-state index < -0.39 is 29.7 Å². The van der Waals surface area contributed by atoms with Crippen molar-refractivity contribution < 1.29 is 28.6 Å². The first-order valence-corrected chi connectivity index (χ1v) is 12.4. The van der Waals surface area contributed by atoms with Crippen LogP contribution in [0, 0.1) is 5.82 Å². The first-order chi connectivity index (χ1) is 18.1. The number of nitrogens with zero attached hydrogens (tertiary/aromatic N) is 7. The summed E-state index contributed by atoms with van der Waals surface area (Å²) in [4.78, 5) is 30.0. The van der Waals surface area contributed by atoms with Gasteiger partial charge < -0.3 is 19.5 Å². The third kappa shape index (κ3) is 5.01. The number of aliphatic hydroxyl groups is 1. The van der Waals surface area contributed by atoms with Gasteiger partial charge in [0.1, 0.15) is 28.6 Å². The number of ether oxygens (including phenoxy) is 2. The van der Waals surface area contributed by atoms with E-state index in [1.807, 2.05) is 29.2 Å². The summed E-state index contributed by atoms with van der Waals surface area (Å²) in [5, 5.41) is 20.9. The van der Waals surface area contributed by atoms with Crippen LogP contribution in [0.4, 0.5) is 25.4 Å². The number of halogens is 1. The highest BCUT2D eigenvalue weighted by Crippen LogP contribution is 2.29. The Morgan fingerprint density at radius 1 is 1.16 bits per heavy atom. The number of hydrogen-bond acceptors (Lipinski definition) is 9. The van der Waals surface area contributed by atoms with Crippen LogP contribution in [0.15, 0.2) is 42.5 Å². The Morgan fingerprint density at radius 3 is 2.63 bits per heavy atom. The normalized spacial score (nSPS) is 18.7. The van der Waals surface area contributed by atoms with Gasteiger partial charge in [-0.3, -0.25) is 4.90 Å². The predicted octanol–water partition coefficient (Wildman–Crippen LogP) is 2.50. The third-order valence-corrected chi connectivity index (χ3v) is 6.25. The molecule has 2 amide bonds. The second kappa shape index (κ2) is 9.97. The van der Waals surface area contributed by atoms with Crippen molar-refractivity contribution in [3.8, 4) is 0 Å². The molecule has 3 heterocycles. The number of amides is 2. The van der Waals surface area contributed by atoms with Gasteiger partial charge in [0.05, 0.1) is 37.6 Å². The number of benzene rings is 2. The molecule has 1 N–H and O–H groups in total. The van der Waals surface area contributed by atoms with Gasteiger partial charge in [-0.25, -0.2) is 19.0 Å². The van der Waals surface area contributed by atoms with Gasteiger partial charge in [0.25, 0.3) is 0 Å². The molecule has 2 aliphatic rings. The van der Waals surface area contributed by atoms with Gasteiger partial charge >= 0.3 is 12.2 Å². The number of carbonyl (C=O) groups is 2. The van der Waals surface area contributed by atoms with Crippen LogP contribution in [0.5, 0.6) is 0 Å². The number of carbonyl (C=O) groups excluding carboxylic acids is 2. The highest BCUT2D eigenvalue weighted by Gasteiger charge is 2.34. The molecule has 13 heteroatoms. The number of aliphatic hydroxyl groups excluding tert-OH is 1. The molecule has 202 valence electrons. The zero-order chi connectivity index (χ0) is 27.0. The zero-order valence-corrected chi connectivity index (χ0v) is 21.5. The molecule has 2 saturated heterocycles. The molecular weight excluding hydrogens is 497 g/mol. The number of fused-ring (bicyclic) bond motifs is 1. The van der Waals surface area contributed by atoms with Gasteiger partial charge in [-0.05, 0) is 56.3 Å².